The molecule has 0 spiro atoms. The molecule has 0 amide bonds. The first-order valence-electron chi connectivity index (χ1n) is 3.91. The molecule has 76 valence electrons. The number of nitrogens with zero attached hydrogens (tertiary/aromatic N) is 2. The van der Waals surface area contributed by atoms with Crippen LogP contribution >= 0.6 is 23.7 Å². The van der Waals surface area contributed by atoms with Gasteiger partial charge in [0.2, 0.25) is 0 Å². The van der Waals surface area contributed by atoms with Crippen LogP contribution in [0.4, 0.5) is 4.39 Å². The Bertz CT molecular complexity index is 487. The van der Waals surface area contributed by atoms with E-state index in [9.17, 15) is 4.39 Å². The Kier molecular flexibility index (Phi) is 3.78. The lowest BCUT2D eigenvalue weighted by Crippen LogP contribution is -1.76. The second-order valence-corrected chi connectivity index (χ2v) is 3.68. The van der Waals surface area contributed by atoms with E-state index in [0.29, 0.717) is 4.88 Å². The number of benzene rings is 1. The number of rotatable bonds is 1. The van der Waals surface area contributed by atoms with Gasteiger partial charge in [-0.3, -0.25) is 0 Å². The van der Waals surface area contributed by atoms with Crippen LogP contribution in [0.1, 0.15) is 4.88 Å². The molecular formula is C10H6ClFN2S. The van der Waals surface area contributed by atoms with Crippen LogP contribution in [-0.2, 0) is 0 Å². The summed E-state index contributed by atoms with van der Waals surface area (Å²) in [4.78, 5) is 4.62. The van der Waals surface area contributed by atoms with E-state index < -0.39 is 0 Å². The summed E-state index contributed by atoms with van der Waals surface area (Å²) in [5, 5.41) is 9.34. The summed E-state index contributed by atoms with van der Waals surface area (Å²) in [6, 6.07) is 8.06. The maximum absolute atomic E-state index is 12.6. The average molecular weight is 241 g/mol. The van der Waals surface area contributed by atoms with Crippen LogP contribution in [0, 0.1) is 17.1 Å². The second kappa shape index (κ2) is 4.87. The van der Waals surface area contributed by atoms with Gasteiger partial charge in [-0.05, 0) is 24.3 Å². The van der Waals surface area contributed by atoms with Crippen LogP contribution in [0.25, 0.3) is 10.6 Å². The van der Waals surface area contributed by atoms with Crippen molar-refractivity contribution in [2.24, 2.45) is 0 Å². The normalized spacial score (nSPS) is 9.07. The summed E-state index contributed by atoms with van der Waals surface area (Å²) in [6.45, 7) is 0. The second-order valence-electron chi connectivity index (χ2n) is 2.65. The van der Waals surface area contributed by atoms with Gasteiger partial charge in [-0.25, -0.2) is 9.37 Å². The minimum absolute atomic E-state index is 0. The van der Waals surface area contributed by atoms with Crippen molar-refractivity contribution in [1.82, 2.24) is 4.98 Å². The molecule has 1 heterocycles. The lowest BCUT2D eigenvalue weighted by molar-refractivity contribution is 0.628. The summed E-state index contributed by atoms with van der Waals surface area (Å²) < 4.78 is 12.6. The average Bonchev–Trinajstić information content (AvgIpc) is 2.67. The van der Waals surface area contributed by atoms with Crippen molar-refractivity contribution >= 4 is 23.7 Å². The highest BCUT2D eigenvalue weighted by Crippen LogP contribution is 2.24. The highest BCUT2D eigenvalue weighted by Gasteiger charge is 2.03. The van der Waals surface area contributed by atoms with E-state index in [0.717, 1.165) is 10.6 Å². The van der Waals surface area contributed by atoms with Gasteiger partial charge >= 0.3 is 0 Å². The number of hydrogen-bond donors (Lipinski definition) is 0. The van der Waals surface area contributed by atoms with Gasteiger partial charge in [0.15, 0.2) is 0 Å². The first kappa shape index (κ1) is 11.6. The number of aromatic nitrogens is 1. The van der Waals surface area contributed by atoms with Gasteiger partial charge in [0.05, 0.1) is 6.20 Å². The quantitative estimate of drug-likeness (QED) is 0.767. The molecule has 1 aromatic heterocycles. The summed E-state index contributed by atoms with van der Waals surface area (Å²) in [6.07, 6.45) is 1.52. The van der Waals surface area contributed by atoms with Crippen molar-refractivity contribution in [1.29, 1.82) is 5.26 Å². The maximum Gasteiger partial charge on any atom is 0.125 e. The van der Waals surface area contributed by atoms with Gasteiger partial charge in [-0.1, -0.05) is 0 Å². The van der Waals surface area contributed by atoms with E-state index in [1.807, 2.05) is 6.07 Å². The van der Waals surface area contributed by atoms with Crippen LogP contribution in [0.5, 0.6) is 0 Å². The molecule has 0 saturated carbocycles. The molecule has 2 rings (SSSR count). The van der Waals surface area contributed by atoms with Crippen molar-refractivity contribution in [2.75, 3.05) is 0 Å². The molecular weight excluding hydrogens is 235 g/mol. The number of thiazole rings is 1. The SMILES string of the molecule is Cl.N#Cc1cnc(-c2ccc(F)cc2)s1. The highest BCUT2D eigenvalue weighted by atomic mass is 35.5. The topological polar surface area (TPSA) is 36.7 Å². The van der Waals surface area contributed by atoms with E-state index >= 15 is 0 Å². The van der Waals surface area contributed by atoms with Gasteiger partial charge in [0.25, 0.3) is 0 Å². The van der Waals surface area contributed by atoms with E-state index in [4.69, 9.17) is 5.26 Å². The molecule has 0 N–H and O–H groups in total. The molecule has 2 aromatic rings. The van der Waals surface area contributed by atoms with Gasteiger partial charge in [-0.2, -0.15) is 5.26 Å². The minimum Gasteiger partial charge on any atom is -0.243 e. The Morgan fingerprint density at radius 3 is 2.47 bits per heavy atom. The predicted octanol–water partition coefficient (Wildman–Crippen LogP) is 3.24. The molecule has 0 aliphatic carbocycles. The Balaban J connectivity index is 0.00000112. The third kappa shape index (κ3) is 2.52. The zero-order chi connectivity index (χ0) is 9.97. The van der Waals surface area contributed by atoms with Gasteiger partial charge < -0.3 is 0 Å². The molecule has 1 aromatic carbocycles. The molecule has 0 atom stereocenters. The first-order valence-corrected chi connectivity index (χ1v) is 4.73. The summed E-state index contributed by atoms with van der Waals surface area (Å²) in [5.41, 5.74) is 0.831. The van der Waals surface area contributed by atoms with E-state index in [1.54, 1.807) is 12.1 Å². The fraction of sp³-hybridized carbons (Fsp3) is 0. The molecule has 5 heteroatoms. The number of halogens is 2. The molecule has 0 aliphatic heterocycles. The van der Waals surface area contributed by atoms with E-state index in [-0.39, 0.29) is 18.2 Å². The van der Waals surface area contributed by atoms with Crippen molar-refractivity contribution in [3.63, 3.8) is 0 Å². The third-order valence-corrected chi connectivity index (χ3v) is 2.66. The van der Waals surface area contributed by atoms with Gasteiger partial charge in [0.1, 0.15) is 21.8 Å². The molecule has 0 bridgehead atoms. The van der Waals surface area contributed by atoms with Crippen molar-refractivity contribution < 1.29 is 4.39 Å². The van der Waals surface area contributed by atoms with Gasteiger partial charge in [-0.15, -0.1) is 23.7 Å². The third-order valence-electron chi connectivity index (χ3n) is 1.71. The predicted molar refractivity (Wildman–Crippen MR) is 59.5 cm³/mol. The monoisotopic (exact) mass is 240 g/mol. The Morgan fingerprint density at radius 2 is 1.93 bits per heavy atom. The van der Waals surface area contributed by atoms with Crippen LogP contribution in [0.3, 0.4) is 0 Å². The van der Waals surface area contributed by atoms with Crippen LogP contribution in [0.2, 0.25) is 0 Å². The zero-order valence-electron chi connectivity index (χ0n) is 7.48. The van der Waals surface area contributed by atoms with Gasteiger partial charge in [0, 0.05) is 5.56 Å². The molecule has 0 aliphatic rings. The largest absolute Gasteiger partial charge is 0.243 e. The summed E-state index contributed by atoms with van der Waals surface area (Å²) in [7, 11) is 0. The van der Waals surface area contributed by atoms with Crippen molar-refractivity contribution in [3.05, 3.63) is 41.2 Å². The standard InChI is InChI=1S/C10H5FN2S.ClH/c11-8-3-1-7(2-4-8)10-13-6-9(5-12)14-10;/h1-4,6H;1H. The molecule has 0 fully saturated rings. The maximum atomic E-state index is 12.6. The Morgan fingerprint density at radius 1 is 1.27 bits per heavy atom. The van der Waals surface area contributed by atoms with Crippen LogP contribution < -0.4 is 0 Å². The van der Waals surface area contributed by atoms with E-state index in [2.05, 4.69) is 4.98 Å². The Hall–Kier alpha value is -1.44. The minimum atomic E-state index is -0.272. The fourth-order valence-electron chi connectivity index (χ4n) is 1.05. The fourth-order valence-corrected chi connectivity index (χ4v) is 1.77. The lowest BCUT2D eigenvalue weighted by atomic mass is 10.2. The lowest BCUT2D eigenvalue weighted by Gasteiger charge is -1.93. The number of hydrogen-bond acceptors (Lipinski definition) is 3. The van der Waals surface area contributed by atoms with Crippen LogP contribution in [-0.4, -0.2) is 4.98 Å². The molecule has 15 heavy (non-hydrogen) atoms. The Labute approximate surface area is 96.4 Å². The summed E-state index contributed by atoms with van der Waals surface area (Å²) >= 11 is 1.30. The first-order chi connectivity index (χ1) is 6.79. The van der Waals surface area contributed by atoms with Crippen molar-refractivity contribution in [3.8, 4) is 16.6 Å². The smallest absolute Gasteiger partial charge is 0.125 e. The highest BCUT2D eigenvalue weighted by molar-refractivity contribution is 7.15. The molecule has 0 unspecified atom stereocenters. The molecule has 2 nitrogen and oxygen atoms in total. The van der Waals surface area contributed by atoms with Crippen molar-refractivity contribution in [2.45, 2.75) is 0 Å². The number of nitriles is 1. The van der Waals surface area contributed by atoms with Crippen LogP contribution in [0.15, 0.2) is 30.5 Å². The molecule has 0 saturated heterocycles. The van der Waals surface area contributed by atoms with E-state index in [1.165, 1.54) is 29.7 Å². The zero-order valence-corrected chi connectivity index (χ0v) is 9.11. The molecule has 0 radical (unpaired) electrons. The summed E-state index contributed by atoms with van der Waals surface area (Å²) in [5.74, 6) is -0.272.